The van der Waals surface area contributed by atoms with Crippen LogP contribution in [0.1, 0.15) is 33.6 Å². The summed E-state index contributed by atoms with van der Waals surface area (Å²) in [6.45, 7) is 8.93. The standard InChI is InChI=1S/C17H30N2O5S2/c1-4-18(5-2)17(21)26(23)15-9-14(15)7-8-19(6-3)16(20)25(22)12-13-10-24-11-13/h13-15H,4-12H2,1-3H3. The molecule has 0 N–H and O–H groups in total. The average Bonchev–Trinajstić information content (AvgIpc) is 3.38. The zero-order chi connectivity index (χ0) is 19.3. The Kier molecular flexibility index (Phi) is 8.22. The molecule has 2 aliphatic rings. The molecule has 1 aliphatic carbocycles. The predicted molar refractivity (Wildman–Crippen MR) is 103 cm³/mol. The number of ether oxygens (including phenoxy) is 1. The van der Waals surface area contributed by atoms with Crippen LogP contribution in [-0.4, -0.2) is 79.1 Å². The summed E-state index contributed by atoms with van der Waals surface area (Å²) < 4.78 is 29.6. The topological polar surface area (TPSA) is 84.0 Å². The third-order valence-corrected chi connectivity index (χ3v) is 8.18. The number of carbonyl (C=O) groups excluding carboxylic acids is 2. The summed E-state index contributed by atoms with van der Waals surface area (Å²) in [4.78, 5) is 27.7. The molecule has 1 aliphatic heterocycles. The van der Waals surface area contributed by atoms with Gasteiger partial charge in [-0.1, -0.05) is 0 Å². The Balaban J connectivity index is 1.76. The number of hydrogen-bond donors (Lipinski definition) is 0. The molecule has 150 valence electrons. The van der Waals surface area contributed by atoms with E-state index in [-0.39, 0.29) is 27.6 Å². The minimum Gasteiger partial charge on any atom is -0.381 e. The van der Waals surface area contributed by atoms with Crippen LogP contribution in [-0.2, 0) is 26.3 Å². The van der Waals surface area contributed by atoms with E-state index in [0.717, 1.165) is 6.42 Å². The van der Waals surface area contributed by atoms with Crippen molar-refractivity contribution < 1.29 is 22.7 Å². The molecule has 0 aromatic heterocycles. The minimum atomic E-state index is -1.52. The molecule has 0 aromatic rings. The number of carbonyl (C=O) groups is 2. The van der Waals surface area contributed by atoms with Crippen molar-refractivity contribution in [2.24, 2.45) is 11.8 Å². The number of rotatable bonds is 9. The lowest BCUT2D eigenvalue weighted by Gasteiger charge is -2.26. The monoisotopic (exact) mass is 406 g/mol. The second kappa shape index (κ2) is 9.94. The van der Waals surface area contributed by atoms with E-state index in [1.807, 2.05) is 20.8 Å². The summed E-state index contributed by atoms with van der Waals surface area (Å²) in [7, 11) is -3.01. The van der Waals surface area contributed by atoms with Crippen LogP contribution in [0, 0.1) is 11.8 Å². The normalized spacial score (nSPS) is 24.4. The van der Waals surface area contributed by atoms with Crippen molar-refractivity contribution in [3.63, 3.8) is 0 Å². The summed E-state index contributed by atoms with van der Waals surface area (Å²) >= 11 is 0. The number of amides is 2. The Hall–Kier alpha value is -0.800. The first kappa shape index (κ1) is 21.5. The lowest BCUT2D eigenvalue weighted by atomic mass is 10.1. The van der Waals surface area contributed by atoms with E-state index in [0.29, 0.717) is 51.6 Å². The summed E-state index contributed by atoms with van der Waals surface area (Å²) in [5.41, 5.74) is 0. The van der Waals surface area contributed by atoms with Crippen LogP contribution in [0.25, 0.3) is 0 Å². The van der Waals surface area contributed by atoms with E-state index in [2.05, 4.69) is 0 Å². The molecule has 1 heterocycles. The van der Waals surface area contributed by atoms with Gasteiger partial charge in [0.1, 0.15) is 21.6 Å². The van der Waals surface area contributed by atoms with Crippen molar-refractivity contribution in [3.05, 3.63) is 0 Å². The second-order valence-electron chi connectivity index (χ2n) is 6.82. The van der Waals surface area contributed by atoms with Gasteiger partial charge in [0.15, 0.2) is 0 Å². The molecule has 4 atom stereocenters. The van der Waals surface area contributed by atoms with Crippen molar-refractivity contribution in [1.29, 1.82) is 0 Å². The molecule has 0 radical (unpaired) electrons. The molecule has 7 nitrogen and oxygen atoms in total. The SMILES string of the molecule is CCN(CCC1CC1S(=O)C(=O)N(CC)CC)C(=O)S(=O)CC1COC1. The molecule has 2 rings (SSSR count). The van der Waals surface area contributed by atoms with Crippen LogP contribution in [0.4, 0.5) is 9.59 Å². The van der Waals surface area contributed by atoms with Gasteiger partial charge in [-0.25, -0.2) is 8.42 Å². The van der Waals surface area contributed by atoms with Gasteiger partial charge < -0.3 is 14.5 Å². The third kappa shape index (κ3) is 5.36. The van der Waals surface area contributed by atoms with Crippen molar-refractivity contribution in [2.45, 2.75) is 38.9 Å². The molecule has 9 heteroatoms. The van der Waals surface area contributed by atoms with Crippen LogP contribution in [0.3, 0.4) is 0 Å². The Labute approximate surface area is 160 Å². The Morgan fingerprint density at radius 3 is 2.12 bits per heavy atom. The number of hydrogen-bond acceptors (Lipinski definition) is 5. The Morgan fingerprint density at radius 1 is 1.00 bits per heavy atom. The van der Waals surface area contributed by atoms with Gasteiger partial charge in [0, 0.05) is 43.1 Å². The van der Waals surface area contributed by atoms with Crippen molar-refractivity contribution in [2.75, 3.05) is 45.1 Å². The van der Waals surface area contributed by atoms with Crippen molar-refractivity contribution >= 4 is 32.1 Å². The highest BCUT2D eigenvalue weighted by molar-refractivity contribution is 8.01. The smallest absolute Gasteiger partial charge is 0.312 e. The van der Waals surface area contributed by atoms with E-state index in [1.54, 1.807) is 9.80 Å². The molecule has 0 spiro atoms. The molecule has 0 bridgehead atoms. The lowest BCUT2D eigenvalue weighted by Crippen LogP contribution is -2.39. The first-order chi connectivity index (χ1) is 12.4. The Bertz CT molecular complexity index is 563. The quantitative estimate of drug-likeness (QED) is 0.583. The predicted octanol–water partition coefficient (Wildman–Crippen LogP) is 1.81. The molecule has 26 heavy (non-hydrogen) atoms. The molecule has 0 aromatic carbocycles. The fourth-order valence-corrected chi connectivity index (χ4v) is 5.99. The van der Waals surface area contributed by atoms with Gasteiger partial charge in [-0.05, 0) is 39.5 Å². The van der Waals surface area contributed by atoms with Gasteiger partial charge in [-0.3, -0.25) is 9.59 Å². The Morgan fingerprint density at radius 2 is 1.62 bits per heavy atom. The van der Waals surface area contributed by atoms with Gasteiger partial charge >= 0.3 is 10.5 Å². The van der Waals surface area contributed by atoms with Crippen molar-refractivity contribution in [1.82, 2.24) is 9.80 Å². The average molecular weight is 407 g/mol. The highest BCUT2D eigenvalue weighted by atomic mass is 32.2. The van der Waals surface area contributed by atoms with Crippen LogP contribution in [0.15, 0.2) is 0 Å². The van der Waals surface area contributed by atoms with Gasteiger partial charge in [-0.15, -0.1) is 0 Å². The van der Waals surface area contributed by atoms with Crippen LogP contribution in [0.5, 0.6) is 0 Å². The van der Waals surface area contributed by atoms with Crippen LogP contribution < -0.4 is 0 Å². The molecule has 1 saturated heterocycles. The largest absolute Gasteiger partial charge is 0.381 e. The fraction of sp³-hybridized carbons (Fsp3) is 0.882. The van der Waals surface area contributed by atoms with Crippen LogP contribution in [0.2, 0.25) is 0 Å². The van der Waals surface area contributed by atoms with E-state index >= 15 is 0 Å². The first-order valence-electron chi connectivity index (χ1n) is 9.37. The number of nitrogens with zero attached hydrogens (tertiary/aromatic N) is 2. The van der Waals surface area contributed by atoms with Crippen LogP contribution >= 0.6 is 0 Å². The highest BCUT2D eigenvalue weighted by Crippen LogP contribution is 2.39. The zero-order valence-electron chi connectivity index (χ0n) is 15.8. The molecule has 2 fully saturated rings. The van der Waals surface area contributed by atoms with Gasteiger partial charge in [0.05, 0.1) is 13.2 Å². The van der Waals surface area contributed by atoms with E-state index in [1.165, 1.54) is 0 Å². The third-order valence-electron chi connectivity index (χ3n) is 5.03. The minimum absolute atomic E-state index is 0.102. The van der Waals surface area contributed by atoms with E-state index in [9.17, 15) is 18.0 Å². The maximum Gasteiger partial charge on any atom is 0.312 e. The highest BCUT2D eigenvalue weighted by Gasteiger charge is 2.45. The summed E-state index contributed by atoms with van der Waals surface area (Å²) in [6.07, 6.45) is 1.46. The maximum absolute atomic E-state index is 12.4. The first-order valence-corrected chi connectivity index (χ1v) is 11.9. The van der Waals surface area contributed by atoms with Gasteiger partial charge in [0.2, 0.25) is 0 Å². The summed E-state index contributed by atoms with van der Waals surface area (Å²) in [6, 6.07) is 0. The molecular formula is C17H30N2O5S2. The second-order valence-corrected chi connectivity index (χ2v) is 9.74. The van der Waals surface area contributed by atoms with E-state index < -0.39 is 21.6 Å². The molecule has 4 unspecified atom stereocenters. The molecular weight excluding hydrogens is 376 g/mol. The van der Waals surface area contributed by atoms with Gasteiger partial charge in [0.25, 0.3) is 0 Å². The summed E-state index contributed by atoms with van der Waals surface area (Å²) in [5, 5.41) is -0.707. The molecule has 2 amide bonds. The molecule has 1 saturated carbocycles. The van der Waals surface area contributed by atoms with E-state index in [4.69, 9.17) is 4.74 Å². The van der Waals surface area contributed by atoms with Gasteiger partial charge in [-0.2, -0.15) is 0 Å². The summed E-state index contributed by atoms with van der Waals surface area (Å²) in [5.74, 6) is 0.787. The maximum atomic E-state index is 12.4. The van der Waals surface area contributed by atoms with Crippen molar-refractivity contribution in [3.8, 4) is 0 Å². The fourth-order valence-electron chi connectivity index (χ4n) is 3.03. The zero-order valence-corrected chi connectivity index (χ0v) is 17.5. The lowest BCUT2D eigenvalue weighted by molar-refractivity contribution is -0.0200.